The lowest BCUT2D eigenvalue weighted by Gasteiger charge is -2.44. The number of likely N-dealkylation sites (tertiary alicyclic amines) is 1. The van der Waals surface area contributed by atoms with E-state index in [1.165, 1.54) is 0 Å². The molecule has 15 nitrogen and oxygen atoms in total. The first kappa shape index (κ1) is 24.7. The highest BCUT2D eigenvalue weighted by molar-refractivity contribution is 7.80. The van der Waals surface area contributed by atoms with Crippen molar-refractivity contribution < 1.29 is 46.3 Å². The van der Waals surface area contributed by atoms with E-state index >= 15 is 0 Å². The van der Waals surface area contributed by atoms with Crippen LogP contribution >= 0.6 is 0 Å². The topological polar surface area (TPSA) is 203 Å². The Morgan fingerprint density at radius 3 is 2.33 bits per heavy atom. The number of carboxylic acid groups (broad SMARTS) is 1. The fourth-order valence-electron chi connectivity index (χ4n) is 4.67. The van der Waals surface area contributed by atoms with Gasteiger partial charge < -0.3 is 10.0 Å². The predicted molar refractivity (Wildman–Crippen MR) is 106 cm³/mol. The number of fused-ring (bicyclic) bond motifs is 2. The largest absolute Gasteiger partial charge is 0.465 e. The molecule has 0 aromatic heterocycles. The first-order valence-electron chi connectivity index (χ1n) is 10.0. The summed E-state index contributed by atoms with van der Waals surface area (Å²) in [5, 5.41) is 10.0. The average Bonchev–Trinajstić information content (AvgIpc) is 3.16. The quantitative estimate of drug-likeness (QED) is 0.285. The molecule has 3 atom stereocenters. The van der Waals surface area contributed by atoms with E-state index in [9.17, 15) is 37.5 Å². The third-order valence-corrected chi connectivity index (χ3v) is 6.59. The van der Waals surface area contributed by atoms with Gasteiger partial charge in [-0.3, -0.25) is 29.8 Å². The predicted octanol–water partition coefficient (Wildman–Crippen LogP) is -0.778. The molecule has 0 saturated carbocycles. The number of rotatable bonds is 4. The number of carbonyl (C=O) groups excluding carboxylic acids is 4. The van der Waals surface area contributed by atoms with E-state index in [0.717, 1.165) is 4.90 Å². The van der Waals surface area contributed by atoms with Gasteiger partial charge in [-0.1, -0.05) is 20.8 Å². The van der Waals surface area contributed by atoms with Crippen LogP contribution in [0, 0.1) is 5.41 Å². The van der Waals surface area contributed by atoms with Crippen molar-refractivity contribution in [3.63, 3.8) is 0 Å². The number of hydrogen-bond acceptors (Lipinski definition) is 8. The van der Waals surface area contributed by atoms with Crippen molar-refractivity contribution in [2.75, 3.05) is 6.54 Å². The van der Waals surface area contributed by atoms with Crippen LogP contribution in [0.3, 0.4) is 0 Å². The summed E-state index contributed by atoms with van der Waals surface area (Å²) < 4.78 is 35.1. The molecule has 3 rings (SSSR count). The number of amides is 6. The first-order chi connectivity index (χ1) is 15.1. The summed E-state index contributed by atoms with van der Waals surface area (Å²) in [7, 11) is -4.94. The molecule has 0 unspecified atom stereocenters. The molecule has 3 saturated heterocycles. The highest BCUT2D eigenvalue weighted by atomic mass is 32.3. The van der Waals surface area contributed by atoms with E-state index < -0.39 is 63.3 Å². The molecule has 184 valence electrons. The van der Waals surface area contributed by atoms with E-state index in [4.69, 9.17) is 4.55 Å². The van der Waals surface area contributed by atoms with Crippen LogP contribution in [0.1, 0.15) is 46.5 Å². The second kappa shape index (κ2) is 8.11. The summed E-state index contributed by atoms with van der Waals surface area (Å²) in [5.74, 6) is -2.45. The lowest BCUT2D eigenvalue weighted by atomic mass is 9.71. The summed E-state index contributed by atoms with van der Waals surface area (Å²) in [6, 6.07) is -2.74. The Bertz CT molecular complexity index is 1010. The minimum atomic E-state index is -4.94. The molecular weight excluding hydrogens is 466 g/mol. The molecule has 3 heterocycles. The van der Waals surface area contributed by atoms with Crippen LogP contribution in [0.5, 0.6) is 0 Å². The van der Waals surface area contributed by atoms with Gasteiger partial charge in [-0.15, -0.1) is 4.28 Å². The van der Waals surface area contributed by atoms with E-state index in [2.05, 4.69) is 15.1 Å². The van der Waals surface area contributed by atoms with Gasteiger partial charge in [-0.2, -0.15) is 13.5 Å². The number of hydrazine groups is 1. The standard InChI is InChI=1S/C17H25N5O10S/c1-16(2,3)17(7-6-11(23)21(17)15(27)28)13(25)19-18-12(24)10-5-4-9-8-20(10)14(26)22(9)32-33(29,30)31/h9-10H,4-8H2,1-3H3,(H,18,24)(H,19,25)(H,27,28)(H,29,30,31)/t9-,10+,17+/m1/s1. The van der Waals surface area contributed by atoms with Crippen molar-refractivity contribution in [1.29, 1.82) is 0 Å². The Kier molecular flexibility index (Phi) is 6.06. The molecule has 16 heteroatoms. The summed E-state index contributed by atoms with van der Waals surface area (Å²) in [4.78, 5) is 63.7. The maximum atomic E-state index is 13.1. The Labute approximate surface area is 188 Å². The van der Waals surface area contributed by atoms with Crippen molar-refractivity contribution >= 4 is 40.2 Å². The normalized spacial score (nSPS) is 27.7. The third-order valence-electron chi connectivity index (χ3n) is 6.24. The van der Waals surface area contributed by atoms with Crippen LogP contribution < -0.4 is 10.9 Å². The smallest absolute Gasteiger partial charge is 0.418 e. The highest BCUT2D eigenvalue weighted by Crippen LogP contribution is 2.44. The zero-order chi connectivity index (χ0) is 24.9. The number of hydroxylamine groups is 2. The van der Waals surface area contributed by atoms with Crippen molar-refractivity contribution in [1.82, 2.24) is 25.7 Å². The van der Waals surface area contributed by atoms with Crippen molar-refractivity contribution in [3.8, 4) is 0 Å². The Hall–Kier alpha value is -2.98. The molecule has 3 fully saturated rings. The fourth-order valence-corrected chi connectivity index (χ4v) is 5.06. The molecular formula is C17H25N5O10S. The number of imide groups is 1. The number of nitrogens with one attached hydrogen (secondary N) is 2. The van der Waals surface area contributed by atoms with Gasteiger partial charge in [0, 0.05) is 13.0 Å². The second-order valence-corrected chi connectivity index (χ2v) is 10.1. The Morgan fingerprint density at radius 1 is 1.15 bits per heavy atom. The number of hydrogen-bond donors (Lipinski definition) is 4. The monoisotopic (exact) mass is 491 g/mol. The van der Waals surface area contributed by atoms with Crippen molar-refractivity contribution in [3.05, 3.63) is 0 Å². The lowest BCUT2D eigenvalue weighted by molar-refractivity contribution is -0.147. The SMILES string of the molecule is CC(C)(C)[C@@]1(C(=O)NNC(=O)[C@@H]2CC[C@@H]3CN2C(=O)N3OS(=O)(=O)O)CCC(=O)N1C(=O)O. The molecule has 0 aromatic carbocycles. The molecule has 3 aliphatic heterocycles. The van der Waals surface area contributed by atoms with Gasteiger partial charge in [-0.25, -0.2) is 14.5 Å². The number of piperidine rings is 1. The van der Waals surface area contributed by atoms with Gasteiger partial charge in [0.15, 0.2) is 0 Å². The molecule has 0 aliphatic carbocycles. The summed E-state index contributed by atoms with van der Waals surface area (Å²) >= 11 is 0. The Balaban J connectivity index is 1.73. The maximum Gasteiger partial charge on any atom is 0.418 e. The lowest BCUT2D eigenvalue weighted by Crippen LogP contribution is -2.67. The Morgan fingerprint density at radius 2 is 1.79 bits per heavy atom. The van der Waals surface area contributed by atoms with Crippen LogP contribution in [0.2, 0.25) is 0 Å². The number of carbonyl (C=O) groups is 5. The molecule has 0 aromatic rings. The van der Waals surface area contributed by atoms with Gasteiger partial charge in [0.05, 0.1) is 6.04 Å². The molecule has 33 heavy (non-hydrogen) atoms. The fraction of sp³-hybridized carbons (Fsp3) is 0.706. The van der Waals surface area contributed by atoms with E-state index in [0.29, 0.717) is 9.96 Å². The van der Waals surface area contributed by atoms with Crippen LogP contribution in [0.4, 0.5) is 9.59 Å². The summed E-state index contributed by atoms with van der Waals surface area (Å²) in [5.41, 5.74) is 1.57. The average molecular weight is 491 g/mol. The summed E-state index contributed by atoms with van der Waals surface area (Å²) in [6.07, 6.45) is -1.55. The van der Waals surface area contributed by atoms with Gasteiger partial charge in [0.2, 0.25) is 5.91 Å². The minimum absolute atomic E-state index is 0.0480. The molecule has 0 radical (unpaired) electrons. The first-order valence-corrected chi connectivity index (χ1v) is 11.4. The van der Waals surface area contributed by atoms with Gasteiger partial charge in [0.25, 0.3) is 11.8 Å². The van der Waals surface area contributed by atoms with Gasteiger partial charge >= 0.3 is 22.5 Å². The second-order valence-electron chi connectivity index (χ2n) is 9.08. The molecule has 3 aliphatic rings. The van der Waals surface area contributed by atoms with Crippen molar-refractivity contribution in [2.45, 2.75) is 64.1 Å². The minimum Gasteiger partial charge on any atom is -0.465 e. The van der Waals surface area contributed by atoms with Crippen LogP contribution in [0.15, 0.2) is 0 Å². The zero-order valence-corrected chi connectivity index (χ0v) is 18.9. The zero-order valence-electron chi connectivity index (χ0n) is 18.1. The van der Waals surface area contributed by atoms with Crippen LogP contribution in [-0.2, 0) is 29.1 Å². The maximum absolute atomic E-state index is 13.1. The highest BCUT2D eigenvalue weighted by Gasteiger charge is 2.61. The van der Waals surface area contributed by atoms with Crippen LogP contribution in [0.25, 0.3) is 0 Å². The van der Waals surface area contributed by atoms with E-state index in [-0.39, 0.29) is 32.2 Å². The van der Waals surface area contributed by atoms with Gasteiger partial charge in [0.1, 0.15) is 11.6 Å². The van der Waals surface area contributed by atoms with Gasteiger partial charge in [-0.05, 0) is 24.7 Å². The van der Waals surface area contributed by atoms with E-state index in [1.54, 1.807) is 20.8 Å². The number of nitrogens with zero attached hydrogens (tertiary/aromatic N) is 3. The number of urea groups is 1. The third kappa shape index (κ3) is 4.20. The summed E-state index contributed by atoms with van der Waals surface area (Å²) in [6.45, 7) is 4.73. The molecule has 0 spiro atoms. The molecule has 2 bridgehead atoms. The molecule has 4 N–H and O–H groups in total. The van der Waals surface area contributed by atoms with E-state index in [1.807, 2.05) is 0 Å². The van der Waals surface area contributed by atoms with Crippen LogP contribution in [-0.4, -0.2) is 87.0 Å². The molecule has 6 amide bonds. The van der Waals surface area contributed by atoms with Crippen molar-refractivity contribution in [2.24, 2.45) is 5.41 Å².